The molecule has 0 spiro atoms. The molecule has 2 aromatic rings. The molecule has 3 nitrogen and oxygen atoms in total. The monoisotopic (exact) mass is 261 g/mol. The van der Waals surface area contributed by atoms with Crippen LogP contribution in [0.3, 0.4) is 0 Å². The Labute approximate surface area is 112 Å². The Kier molecular flexibility index (Phi) is 3.97. The molecule has 0 aliphatic heterocycles. The first-order valence-electron chi connectivity index (χ1n) is 6.27. The molecule has 0 aliphatic carbocycles. The van der Waals surface area contributed by atoms with Gasteiger partial charge in [0.1, 0.15) is 5.82 Å². The molecule has 0 saturated carbocycles. The summed E-state index contributed by atoms with van der Waals surface area (Å²) in [6.45, 7) is 6.42. The van der Waals surface area contributed by atoms with E-state index in [4.69, 9.17) is 0 Å². The van der Waals surface area contributed by atoms with Crippen LogP contribution in [-0.2, 0) is 6.42 Å². The van der Waals surface area contributed by atoms with E-state index in [-0.39, 0.29) is 0 Å². The fourth-order valence-corrected chi connectivity index (χ4v) is 2.90. The first kappa shape index (κ1) is 13.0. The third-order valence-corrected chi connectivity index (χ3v) is 3.79. The van der Waals surface area contributed by atoms with Gasteiger partial charge in [0.05, 0.1) is 0 Å². The summed E-state index contributed by atoms with van der Waals surface area (Å²) in [5.41, 5.74) is 2.27. The standard InChI is InChI=1S/C14H19N3S/c1-5-6-11-8-13(15-4)17-14(16-11)12-7-9(2)18-10(12)3/h7-8H,5-6H2,1-4H3,(H,15,16,17). The van der Waals surface area contributed by atoms with Crippen molar-refractivity contribution in [1.29, 1.82) is 0 Å². The lowest BCUT2D eigenvalue weighted by Gasteiger charge is -2.07. The molecule has 0 atom stereocenters. The number of rotatable bonds is 4. The minimum atomic E-state index is 0.840. The number of hydrogen-bond acceptors (Lipinski definition) is 4. The van der Waals surface area contributed by atoms with Gasteiger partial charge in [-0.2, -0.15) is 0 Å². The predicted molar refractivity (Wildman–Crippen MR) is 78.4 cm³/mol. The molecule has 2 aromatic heterocycles. The lowest BCUT2D eigenvalue weighted by Crippen LogP contribution is -2.00. The average molecular weight is 261 g/mol. The lowest BCUT2D eigenvalue weighted by molar-refractivity contribution is 0.876. The van der Waals surface area contributed by atoms with Crippen molar-refractivity contribution in [1.82, 2.24) is 9.97 Å². The van der Waals surface area contributed by atoms with Crippen molar-refractivity contribution in [2.45, 2.75) is 33.6 Å². The minimum Gasteiger partial charge on any atom is -0.373 e. The molecule has 0 fully saturated rings. The van der Waals surface area contributed by atoms with Crippen molar-refractivity contribution in [2.75, 3.05) is 12.4 Å². The number of thiophene rings is 1. The van der Waals surface area contributed by atoms with E-state index in [0.717, 1.165) is 35.7 Å². The molecule has 0 aromatic carbocycles. The number of nitrogens with one attached hydrogen (secondary N) is 1. The highest BCUT2D eigenvalue weighted by Gasteiger charge is 2.11. The second-order valence-corrected chi connectivity index (χ2v) is 5.86. The molecule has 0 bridgehead atoms. The zero-order valence-electron chi connectivity index (χ0n) is 11.4. The molecule has 96 valence electrons. The first-order valence-corrected chi connectivity index (χ1v) is 7.08. The van der Waals surface area contributed by atoms with E-state index in [1.165, 1.54) is 9.75 Å². The van der Waals surface area contributed by atoms with E-state index in [2.05, 4.69) is 42.1 Å². The molecule has 2 rings (SSSR count). The molecule has 0 aliphatic rings. The summed E-state index contributed by atoms with van der Waals surface area (Å²) >= 11 is 1.80. The van der Waals surface area contributed by atoms with Crippen LogP contribution in [0.1, 0.15) is 28.8 Å². The molecule has 0 radical (unpaired) electrons. The van der Waals surface area contributed by atoms with Crippen molar-refractivity contribution in [3.05, 3.63) is 27.6 Å². The van der Waals surface area contributed by atoms with E-state index in [1.807, 2.05) is 13.1 Å². The maximum atomic E-state index is 4.67. The number of anilines is 1. The Hall–Kier alpha value is -1.42. The van der Waals surface area contributed by atoms with Crippen LogP contribution in [-0.4, -0.2) is 17.0 Å². The highest BCUT2D eigenvalue weighted by Crippen LogP contribution is 2.29. The van der Waals surface area contributed by atoms with E-state index in [9.17, 15) is 0 Å². The third-order valence-electron chi connectivity index (χ3n) is 2.82. The Bertz CT molecular complexity index is 546. The zero-order chi connectivity index (χ0) is 13.1. The second-order valence-electron chi connectivity index (χ2n) is 4.40. The minimum absolute atomic E-state index is 0.840. The Morgan fingerprint density at radius 3 is 2.56 bits per heavy atom. The summed E-state index contributed by atoms with van der Waals surface area (Å²) in [5.74, 6) is 1.74. The summed E-state index contributed by atoms with van der Waals surface area (Å²) in [4.78, 5) is 11.8. The molecule has 0 unspecified atom stereocenters. The fourth-order valence-electron chi connectivity index (χ4n) is 1.98. The van der Waals surface area contributed by atoms with Gasteiger partial charge in [-0.1, -0.05) is 13.3 Å². The Morgan fingerprint density at radius 1 is 1.22 bits per heavy atom. The van der Waals surface area contributed by atoms with Crippen LogP contribution < -0.4 is 5.32 Å². The van der Waals surface area contributed by atoms with Crippen LogP contribution in [0.15, 0.2) is 12.1 Å². The SMILES string of the molecule is CCCc1cc(NC)nc(-c2cc(C)sc2C)n1. The number of nitrogens with zero attached hydrogens (tertiary/aromatic N) is 2. The van der Waals surface area contributed by atoms with Crippen molar-refractivity contribution in [2.24, 2.45) is 0 Å². The molecule has 0 saturated heterocycles. The van der Waals surface area contributed by atoms with Crippen LogP contribution in [0.5, 0.6) is 0 Å². The average Bonchev–Trinajstić information content (AvgIpc) is 2.68. The molecule has 2 heterocycles. The Balaban J connectivity index is 2.49. The highest BCUT2D eigenvalue weighted by molar-refractivity contribution is 7.12. The van der Waals surface area contributed by atoms with Gasteiger partial charge in [0.2, 0.25) is 0 Å². The van der Waals surface area contributed by atoms with Crippen molar-refractivity contribution in [3.8, 4) is 11.4 Å². The van der Waals surface area contributed by atoms with Crippen molar-refractivity contribution < 1.29 is 0 Å². The highest BCUT2D eigenvalue weighted by atomic mass is 32.1. The topological polar surface area (TPSA) is 37.8 Å². The number of aromatic nitrogens is 2. The van der Waals surface area contributed by atoms with Gasteiger partial charge in [0.15, 0.2) is 5.82 Å². The fraction of sp³-hybridized carbons (Fsp3) is 0.429. The van der Waals surface area contributed by atoms with Gasteiger partial charge in [-0.15, -0.1) is 11.3 Å². The molecular formula is C14H19N3S. The van der Waals surface area contributed by atoms with Crippen LogP contribution in [0.2, 0.25) is 0 Å². The van der Waals surface area contributed by atoms with Crippen LogP contribution >= 0.6 is 11.3 Å². The molecular weight excluding hydrogens is 242 g/mol. The molecule has 18 heavy (non-hydrogen) atoms. The first-order chi connectivity index (χ1) is 8.63. The summed E-state index contributed by atoms with van der Waals surface area (Å²) in [5, 5.41) is 3.11. The van der Waals surface area contributed by atoms with E-state index in [0.29, 0.717) is 0 Å². The van der Waals surface area contributed by atoms with Gasteiger partial charge in [-0.3, -0.25) is 0 Å². The summed E-state index contributed by atoms with van der Waals surface area (Å²) in [7, 11) is 1.90. The van der Waals surface area contributed by atoms with E-state index < -0.39 is 0 Å². The van der Waals surface area contributed by atoms with Gasteiger partial charge in [-0.25, -0.2) is 9.97 Å². The van der Waals surface area contributed by atoms with Crippen molar-refractivity contribution >= 4 is 17.2 Å². The van der Waals surface area contributed by atoms with Gasteiger partial charge in [0.25, 0.3) is 0 Å². The Morgan fingerprint density at radius 2 is 2.00 bits per heavy atom. The maximum absolute atomic E-state index is 4.67. The molecule has 1 N–H and O–H groups in total. The maximum Gasteiger partial charge on any atom is 0.162 e. The number of hydrogen-bond donors (Lipinski definition) is 1. The quantitative estimate of drug-likeness (QED) is 0.909. The summed E-state index contributed by atoms with van der Waals surface area (Å²) in [6.07, 6.45) is 2.09. The van der Waals surface area contributed by atoms with Crippen molar-refractivity contribution in [3.63, 3.8) is 0 Å². The van der Waals surface area contributed by atoms with Gasteiger partial charge >= 0.3 is 0 Å². The van der Waals surface area contributed by atoms with E-state index in [1.54, 1.807) is 11.3 Å². The normalized spacial score (nSPS) is 10.7. The molecule has 0 amide bonds. The largest absolute Gasteiger partial charge is 0.373 e. The predicted octanol–water partition coefficient (Wildman–Crippen LogP) is 3.82. The number of aryl methyl sites for hydroxylation is 3. The van der Waals surface area contributed by atoms with Gasteiger partial charge in [-0.05, 0) is 26.3 Å². The van der Waals surface area contributed by atoms with Crippen LogP contribution in [0.4, 0.5) is 5.82 Å². The summed E-state index contributed by atoms with van der Waals surface area (Å²) in [6, 6.07) is 4.20. The van der Waals surface area contributed by atoms with Gasteiger partial charge < -0.3 is 5.32 Å². The van der Waals surface area contributed by atoms with E-state index >= 15 is 0 Å². The lowest BCUT2D eigenvalue weighted by atomic mass is 10.2. The second kappa shape index (κ2) is 5.48. The third kappa shape index (κ3) is 2.70. The smallest absolute Gasteiger partial charge is 0.162 e. The zero-order valence-corrected chi connectivity index (χ0v) is 12.2. The van der Waals surface area contributed by atoms with Crippen LogP contribution in [0, 0.1) is 13.8 Å². The van der Waals surface area contributed by atoms with Crippen LogP contribution in [0.25, 0.3) is 11.4 Å². The molecule has 4 heteroatoms. The van der Waals surface area contributed by atoms with Gasteiger partial charge in [0, 0.05) is 34.1 Å². The summed E-state index contributed by atoms with van der Waals surface area (Å²) < 4.78 is 0.